The van der Waals surface area contributed by atoms with Gasteiger partial charge in [0.1, 0.15) is 5.82 Å². The molecule has 0 amide bonds. The minimum Gasteiger partial charge on any atom is -0.329 e. The Labute approximate surface area is 72.8 Å². The highest BCUT2D eigenvalue weighted by atomic mass is 15.3. The van der Waals surface area contributed by atoms with Crippen LogP contribution in [0.2, 0.25) is 0 Å². The van der Waals surface area contributed by atoms with E-state index in [1.165, 1.54) is 0 Å². The lowest BCUT2D eigenvalue weighted by molar-refractivity contribution is 0.593. The number of aromatic nitrogens is 3. The van der Waals surface area contributed by atoms with Gasteiger partial charge >= 0.3 is 0 Å². The Hall–Kier alpha value is -0.900. The predicted molar refractivity (Wildman–Crippen MR) is 47.9 cm³/mol. The maximum absolute atomic E-state index is 5.43. The van der Waals surface area contributed by atoms with E-state index in [1.54, 1.807) is 0 Å². The summed E-state index contributed by atoms with van der Waals surface area (Å²) in [5, 5.41) is 4.32. The highest BCUT2D eigenvalue weighted by molar-refractivity contribution is 4.95. The Morgan fingerprint density at radius 3 is 2.58 bits per heavy atom. The van der Waals surface area contributed by atoms with Crippen molar-refractivity contribution in [3.8, 4) is 0 Å². The van der Waals surface area contributed by atoms with Gasteiger partial charge in [-0.05, 0) is 6.92 Å². The van der Waals surface area contributed by atoms with Crippen LogP contribution in [0, 0.1) is 6.92 Å². The molecule has 1 aromatic rings. The van der Waals surface area contributed by atoms with E-state index >= 15 is 0 Å². The Balaban J connectivity index is 2.85. The quantitative estimate of drug-likeness (QED) is 0.721. The average molecular weight is 168 g/mol. The molecule has 0 radical (unpaired) electrons. The van der Waals surface area contributed by atoms with Gasteiger partial charge < -0.3 is 5.73 Å². The molecule has 2 N–H and O–H groups in total. The van der Waals surface area contributed by atoms with E-state index in [1.807, 2.05) is 11.6 Å². The fraction of sp³-hybridized carbons (Fsp3) is 0.750. The first-order valence-corrected chi connectivity index (χ1v) is 4.26. The van der Waals surface area contributed by atoms with Gasteiger partial charge in [0.25, 0.3) is 0 Å². The van der Waals surface area contributed by atoms with Crippen LogP contribution in [0.4, 0.5) is 0 Å². The Morgan fingerprint density at radius 2 is 2.17 bits per heavy atom. The summed E-state index contributed by atoms with van der Waals surface area (Å²) in [7, 11) is 0. The van der Waals surface area contributed by atoms with Crippen molar-refractivity contribution in [2.45, 2.75) is 33.2 Å². The third-order valence-electron chi connectivity index (χ3n) is 1.73. The van der Waals surface area contributed by atoms with Crippen molar-refractivity contribution in [1.82, 2.24) is 14.8 Å². The molecule has 12 heavy (non-hydrogen) atoms. The molecule has 0 fully saturated rings. The molecular weight excluding hydrogens is 152 g/mol. The third-order valence-corrected chi connectivity index (χ3v) is 1.73. The molecule has 0 aliphatic heterocycles. The second-order valence-electron chi connectivity index (χ2n) is 3.18. The van der Waals surface area contributed by atoms with E-state index in [4.69, 9.17) is 5.73 Å². The van der Waals surface area contributed by atoms with Crippen molar-refractivity contribution in [3.63, 3.8) is 0 Å². The van der Waals surface area contributed by atoms with E-state index in [0.717, 1.165) is 18.2 Å². The van der Waals surface area contributed by atoms with Crippen molar-refractivity contribution < 1.29 is 0 Å². The molecule has 0 unspecified atom stereocenters. The van der Waals surface area contributed by atoms with Crippen LogP contribution in [0.3, 0.4) is 0 Å². The van der Waals surface area contributed by atoms with Crippen LogP contribution in [-0.4, -0.2) is 21.3 Å². The maximum atomic E-state index is 5.43. The second kappa shape index (κ2) is 3.67. The van der Waals surface area contributed by atoms with Gasteiger partial charge in [-0.2, -0.15) is 5.10 Å². The summed E-state index contributed by atoms with van der Waals surface area (Å²) >= 11 is 0. The summed E-state index contributed by atoms with van der Waals surface area (Å²) in [6.07, 6.45) is 0. The first kappa shape index (κ1) is 9.19. The van der Waals surface area contributed by atoms with Gasteiger partial charge in [-0.25, -0.2) is 9.67 Å². The Morgan fingerprint density at radius 1 is 1.50 bits per heavy atom. The van der Waals surface area contributed by atoms with Gasteiger partial charge in [0.2, 0.25) is 0 Å². The van der Waals surface area contributed by atoms with Crippen LogP contribution in [0.15, 0.2) is 0 Å². The molecule has 1 aromatic heterocycles. The van der Waals surface area contributed by atoms with Gasteiger partial charge in [-0.1, -0.05) is 13.8 Å². The number of nitrogens with zero attached hydrogens (tertiary/aromatic N) is 3. The van der Waals surface area contributed by atoms with E-state index in [-0.39, 0.29) is 0 Å². The fourth-order valence-electron chi connectivity index (χ4n) is 1.02. The smallest absolute Gasteiger partial charge is 0.153 e. The number of aryl methyl sites for hydroxylation is 1. The maximum Gasteiger partial charge on any atom is 0.153 e. The van der Waals surface area contributed by atoms with E-state index < -0.39 is 0 Å². The molecule has 0 atom stereocenters. The first-order valence-electron chi connectivity index (χ1n) is 4.26. The largest absolute Gasteiger partial charge is 0.329 e. The molecular formula is C8H16N4. The molecule has 1 rings (SSSR count). The monoisotopic (exact) mass is 168 g/mol. The first-order chi connectivity index (χ1) is 5.65. The van der Waals surface area contributed by atoms with Crippen LogP contribution < -0.4 is 5.73 Å². The highest BCUT2D eigenvalue weighted by Gasteiger charge is 2.07. The lowest BCUT2D eigenvalue weighted by Crippen LogP contribution is -2.12. The van der Waals surface area contributed by atoms with Gasteiger partial charge in [0.15, 0.2) is 5.82 Å². The number of hydrogen-bond donors (Lipinski definition) is 1. The topological polar surface area (TPSA) is 56.7 Å². The Bertz CT molecular complexity index is 252. The number of nitrogens with two attached hydrogens (primary N) is 1. The summed E-state index contributed by atoms with van der Waals surface area (Å²) in [6.45, 7) is 7.49. The van der Waals surface area contributed by atoms with Crippen molar-refractivity contribution in [1.29, 1.82) is 0 Å². The van der Waals surface area contributed by atoms with Crippen LogP contribution >= 0.6 is 0 Å². The standard InChI is InChI=1S/C8H16N4/c1-6(2)8-10-7(3)12(11-8)5-4-9/h6H,4-5,9H2,1-3H3. The molecule has 0 spiro atoms. The van der Waals surface area contributed by atoms with Crippen molar-refractivity contribution in [2.75, 3.05) is 6.54 Å². The van der Waals surface area contributed by atoms with Crippen LogP contribution in [0.5, 0.6) is 0 Å². The van der Waals surface area contributed by atoms with Gasteiger partial charge in [-0.3, -0.25) is 0 Å². The molecule has 0 saturated carbocycles. The average Bonchev–Trinajstić information content (AvgIpc) is 2.34. The molecule has 4 heteroatoms. The molecule has 68 valence electrons. The predicted octanol–water partition coefficient (Wildman–Crippen LogP) is 0.669. The fourth-order valence-corrected chi connectivity index (χ4v) is 1.02. The molecule has 0 aliphatic rings. The summed E-state index contributed by atoms with van der Waals surface area (Å²) in [4.78, 5) is 4.33. The lowest BCUT2D eigenvalue weighted by Gasteiger charge is -1.98. The summed E-state index contributed by atoms with van der Waals surface area (Å²) in [5.41, 5.74) is 5.43. The minimum absolute atomic E-state index is 0.391. The molecule has 0 aromatic carbocycles. The molecule has 0 aliphatic carbocycles. The van der Waals surface area contributed by atoms with Gasteiger partial charge in [0.05, 0.1) is 6.54 Å². The van der Waals surface area contributed by atoms with Crippen LogP contribution in [0.1, 0.15) is 31.4 Å². The Kier molecular flexibility index (Phi) is 2.81. The summed E-state index contributed by atoms with van der Waals surface area (Å²) in [5.74, 6) is 2.24. The minimum atomic E-state index is 0.391. The summed E-state index contributed by atoms with van der Waals surface area (Å²) < 4.78 is 1.86. The molecule has 4 nitrogen and oxygen atoms in total. The summed E-state index contributed by atoms with van der Waals surface area (Å²) in [6, 6.07) is 0. The van der Waals surface area contributed by atoms with Crippen molar-refractivity contribution >= 4 is 0 Å². The van der Waals surface area contributed by atoms with E-state index in [9.17, 15) is 0 Å². The molecule has 0 saturated heterocycles. The van der Waals surface area contributed by atoms with Crippen LogP contribution in [-0.2, 0) is 6.54 Å². The second-order valence-corrected chi connectivity index (χ2v) is 3.18. The number of rotatable bonds is 3. The third kappa shape index (κ3) is 1.82. The zero-order chi connectivity index (χ0) is 9.14. The SMILES string of the molecule is Cc1nc(C(C)C)nn1CCN. The van der Waals surface area contributed by atoms with Crippen molar-refractivity contribution in [2.24, 2.45) is 5.73 Å². The lowest BCUT2D eigenvalue weighted by atomic mass is 10.2. The normalized spacial score (nSPS) is 11.1. The van der Waals surface area contributed by atoms with Crippen LogP contribution in [0.25, 0.3) is 0 Å². The number of hydrogen-bond acceptors (Lipinski definition) is 3. The highest BCUT2D eigenvalue weighted by Crippen LogP contribution is 2.08. The van der Waals surface area contributed by atoms with Gasteiger partial charge in [0, 0.05) is 12.5 Å². The zero-order valence-electron chi connectivity index (χ0n) is 7.91. The zero-order valence-corrected chi connectivity index (χ0v) is 7.91. The van der Waals surface area contributed by atoms with E-state index in [2.05, 4.69) is 23.9 Å². The van der Waals surface area contributed by atoms with Crippen molar-refractivity contribution in [3.05, 3.63) is 11.6 Å². The van der Waals surface area contributed by atoms with E-state index in [0.29, 0.717) is 12.5 Å². The molecule has 0 bridgehead atoms. The van der Waals surface area contributed by atoms with Gasteiger partial charge in [-0.15, -0.1) is 0 Å². The molecule has 1 heterocycles.